The maximum absolute atomic E-state index is 11.8. The standard InChI is InChI=1S/C12H18F2N2O2/c1-12(2,3)8-6-11(17)16-10(15-8)4-5-18-7-9(13)14/h6,9H,4-5,7H2,1-3H3,(H,15,16,17). The molecule has 0 spiro atoms. The van der Waals surface area contributed by atoms with Crippen molar-refractivity contribution in [1.82, 2.24) is 9.97 Å². The largest absolute Gasteiger partial charge is 0.375 e. The number of aromatic nitrogens is 2. The summed E-state index contributed by atoms with van der Waals surface area (Å²) in [5.41, 5.74) is 0.209. The predicted molar refractivity (Wildman–Crippen MR) is 64.1 cm³/mol. The van der Waals surface area contributed by atoms with E-state index in [1.807, 2.05) is 20.8 Å². The molecule has 0 saturated carbocycles. The highest BCUT2D eigenvalue weighted by molar-refractivity contribution is 5.12. The van der Waals surface area contributed by atoms with E-state index in [9.17, 15) is 13.6 Å². The minimum Gasteiger partial charge on any atom is -0.375 e. The maximum atomic E-state index is 11.8. The summed E-state index contributed by atoms with van der Waals surface area (Å²) in [5.74, 6) is 0.460. The zero-order valence-electron chi connectivity index (χ0n) is 10.8. The molecular weight excluding hydrogens is 242 g/mol. The van der Waals surface area contributed by atoms with Crippen molar-refractivity contribution in [3.8, 4) is 0 Å². The number of alkyl halides is 2. The van der Waals surface area contributed by atoms with Crippen molar-refractivity contribution >= 4 is 0 Å². The molecule has 0 amide bonds. The molecule has 1 rings (SSSR count). The Bertz CT molecular complexity index is 438. The number of ether oxygens (including phenoxy) is 1. The molecule has 0 aliphatic rings. The molecule has 0 saturated heterocycles. The second-order valence-electron chi connectivity index (χ2n) is 5.04. The lowest BCUT2D eigenvalue weighted by molar-refractivity contribution is 0.0182. The van der Waals surface area contributed by atoms with Crippen LogP contribution in [0.15, 0.2) is 10.9 Å². The fraction of sp³-hybridized carbons (Fsp3) is 0.667. The van der Waals surface area contributed by atoms with Crippen LogP contribution in [0, 0.1) is 0 Å². The first kappa shape index (κ1) is 14.8. The van der Waals surface area contributed by atoms with Gasteiger partial charge in [-0.25, -0.2) is 13.8 Å². The van der Waals surface area contributed by atoms with Gasteiger partial charge in [-0.3, -0.25) is 4.79 Å². The molecule has 0 fully saturated rings. The van der Waals surface area contributed by atoms with Gasteiger partial charge in [0, 0.05) is 17.9 Å². The molecule has 1 heterocycles. The third kappa shape index (κ3) is 4.91. The number of nitrogens with zero attached hydrogens (tertiary/aromatic N) is 1. The highest BCUT2D eigenvalue weighted by atomic mass is 19.3. The van der Waals surface area contributed by atoms with Crippen LogP contribution in [0.3, 0.4) is 0 Å². The van der Waals surface area contributed by atoms with Crippen molar-refractivity contribution in [2.24, 2.45) is 0 Å². The van der Waals surface area contributed by atoms with Crippen molar-refractivity contribution in [2.45, 2.75) is 39.0 Å². The predicted octanol–water partition coefficient (Wildman–Crippen LogP) is 1.89. The zero-order chi connectivity index (χ0) is 13.8. The maximum Gasteiger partial charge on any atom is 0.261 e. The lowest BCUT2D eigenvalue weighted by Crippen LogP contribution is -2.22. The van der Waals surface area contributed by atoms with E-state index in [4.69, 9.17) is 4.74 Å². The highest BCUT2D eigenvalue weighted by Crippen LogP contribution is 2.18. The molecule has 102 valence electrons. The van der Waals surface area contributed by atoms with Gasteiger partial charge < -0.3 is 9.72 Å². The van der Waals surface area contributed by atoms with E-state index in [2.05, 4.69) is 9.97 Å². The third-order valence-corrected chi connectivity index (χ3v) is 2.29. The van der Waals surface area contributed by atoms with Crippen LogP contribution in [-0.2, 0) is 16.6 Å². The molecule has 0 radical (unpaired) electrons. The summed E-state index contributed by atoms with van der Waals surface area (Å²) in [4.78, 5) is 18.3. The molecule has 0 bridgehead atoms. The van der Waals surface area contributed by atoms with Crippen molar-refractivity contribution in [3.63, 3.8) is 0 Å². The fourth-order valence-electron chi connectivity index (χ4n) is 1.35. The Balaban J connectivity index is 2.67. The summed E-state index contributed by atoms with van der Waals surface area (Å²) in [7, 11) is 0. The average molecular weight is 260 g/mol. The molecule has 0 unspecified atom stereocenters. The minimum absolute atomic E-state index is 0.112. The number of aromatic amines is 1. The van der Waals surface area contributed by atoms with Gasteiger partial charge in [0.2, 0.25) is 0 Å². The van der Waals surface area contributed by atoms with Crippen LogP contribution < -0.4 is 5.56 Å². The molecule has 1 aromatic heterocycles. The Hall–Kier alpha value is -1.30. The average Bonchev–Trinajstić information content (AvgIpc) is 2.22. The van der Waals surface area contributed by atoms with Gasteiger partial charge in [-0.05, 0) is 0 Å². The van der Waals surface area contributed by atoms with Crippen LogP contribution in [0.1, 0.15) is 32.3 Å². The zero-order valence-corrected chi connectivity index (χ0v) is 10.8. The van der Waals surface area contributed by atoms with E-state index in [1.54, 1.807) is 0 Å². The Morgan fingerprint density at radius 2 is 2.11 bits per heavy atom. The normalized spacial score (nSPS) is 12.1. The van der Waals surface area contributed by atoms with E-state index in [1.165, 1.54) is 6.07 Å². The highest BCUT2D eigenvalue weighted by Gasteiger charge is 2.16. The Kier molecular flexibility index (Phi) is 4.95. The smallest absolute Gasteiger partial charge is 0.261 e. The molecule has 0 aromatic carbocycles. The van der Waals surface area contributed by atoms with Crippen molar-refractivity contribution < 1.29 is 13.5 Å². The number of H-pyrrole nitrogens is 1. The number of halogens is 2. The number of hydrogen-bond donors (Lipinski definition) is 1. The summed E-state index contributed by atoms with van der Waals surface area (Å²) in [6.07, 6.45) is -2.16. The first-order valence-corrected chi connectivity index (χ1v) is 5.75. The molecule has 6 heteroatoms. The topological polar surface area (TPSA) is 55.0 Å². The Labute approximate surface area is 104 Å². The lowest BCUT2D eigenvalue weighted by atomic mass is 9.92. The monoisotopic (exact) mass is 260 g/mol. The molecule has 0 aliphatic heterocycles. The Morgan fingerprint density at radius 3 is 2.67 bits per heavy atom. The van der Waals surface area contributed by atoms with Gasteiger partial charge in [0.05, 0.1) is 12.3 Å². The van der Waals surface area contributed by atoms with E-state index >= 15 is 0 Å². The number of hydrogen-bond acceptors (Lipinski definition) is 3. The molecule has 1 N–H and O–H groups in total. The fourth-order valence-corrected chi connectivity index (χ4v) is 1.35. The SMILES string of the molecule is CC(C)(C)c1cc(=O)[nH]c(CCOCC(F)F)n1. The second kappa shape index (κ2) is 6.04. The van der Waals surface area contributed by atoms with Crippen LogP contribution in [0.4, 0.5) is 8.78 Å². The van der Waals surface area contributed by atoms with Crippen LogP contribution >= 0.6 is 0 Å². The van der Waals surface area contributed by atoms with Gasteiger partial charge in [0.25, 0.3) is 12.0 Å². The summed E-state index contributed by atoms with van der Waals surface area (Å²) >= 11 is 0. The van der Waals surface area contributed by atoms with E-state index in [0.29, 0.717) is 17.9 Å². The van der Waals surface area contributed by atoms with Gasteiger partial charge in [0.15, 0.2) is 0 Å². The molecule has 4 nitrogen and oxygen atoms in total. The minimum atomic E-state index is -2.47. The summed E-state index contributed by atoms with van der Waals surface area (Å²) in [6.45, 7) is 5.37. The lowest BCUT2D eigenvalue weighted by Gasteiger charge is -2.17. The summed E-state index contributed by atoms with van der Waals surface area (Å²) in [5, 5.41) is 0. The van der Waals surface area contributed by atoms with E-state index in [0.717, 1.165) is 0 Å². The quantitative estimate of drug-likeness (QED) is 0.822. The molecule has 1 aromatic rings. The molecular formula is C12H18F2N2O2. The molecule has 0 aliphatic carbocycles. The molecule has 18 heavy (non-hydrogen) atoms. The van der Waals surface area contributed by atoms with Crippen LogP contribution in [-0.4, -0.2) is 29.6 Å². The van der Waals surface area contributed by atoms with Crippen molar-refractivity contribution in [1.29, 1.82) is 0 Å². The van der Waals surface area contributed by atoms with Gasteiger partial charge in [-0.15, -0.1) is 0 Å². The summed E-state index contributed by atoms with van der Waals surface area (Å²) in [6, 6.07) is 1.45. The number of nitrogens with one attached hydrogen (secondary N) is 1. The Morgan fingerprint density at radius 1 is 1.44 bits per heavy atom. The van der Waals surface area contributed by atoms with E-state index in [-0.39, 0.29) is 17.6 Å². The van der Waals surface area contributed by atoms with Crippen molar-refractivity contribution in [3.05, 3.63) is 27.9 Å². The van der Waals surface area contributed by atoms with Crippen LogP contribution in [0.2, 0.25) is 0 Å². The first-order valence-electron chi connectivity index (χ1n) is 5.75. The second-order valence-corrected chi connectivity index (χ2v) is 5.04. The van der Waals surface area contributed by atoms with Crippen LogP contribution in [0.5, 0.6) is 0 Å². The number of rotatable bonds is 5. The third-order valence-electron chi connectivity index (χ3n) is 2.29. The van der Waals surface area contributed by atoms with Crippen molar-refractivity contribution in [2.75, 3.05) is 13.2 Å². The van der Waals surface area contributed by atoms with Gasteiger partial charge >= 0.3 is 0 Å². The van der Waals surface area contributed by atoms with Gasteiger partial charge in [-0.1, -0.05) is 20.8 Å². The summed E-state index contributed by atoms with van der Waals surface area (Å²) < 4.78 is 28.4. The van der Waals surface area contributed by atoms with Gasteiger partial charge in [0.1, 0.15) is 12.4 Å². The van der Waals surface area contributed by atoms with E-state index < -0.39 is 13.0 Å². The van der Waals surface area contributed by atoms with Crippen LogP contribution in [0.25, 0.3) is 0 Å². The molecule has 0 atom stereocenters. The first-order chi connectivity index (χ1) is 8.29. The van der Waals surface area contributed by atoms with Gasteiger partial charge in [-0.2, -0.15) is 0 Å².